The standard InChI is InChI=1S/C11H13N4O6PS/c1-14-3-13-9-6(11(14)23)12-4-15(9)10-7(16)8-5(20-10)2-19-22(17,18)21-8/h3-5,7-8,10,16H,2H2,1H3,(H,17,18)/t5-,7-,8-,10-/m1/s1. The zero-order chi connectivity index (χ0) is 16.4. The third-order valence-electron chi connectivity index (χ3n) is 3.88. The van der Waals surface area contributed by atoms with E-state index < -0.39 is 32.4 Å². The summed E-state index contributed by atoms with van der Waals surface area (Å²) >= 11 is 5.27. The normalized spacial score (nSPS) is 37.2. The Morgan fingerprint density at radius 2 is 2.22 bits per heavy atom. The molecule has 23 heavy (non-hydrogen) atoms. The molecule has 2 aliphatic heterocycles. The van der Waals surface area contributed by atoms with E-state index in [2.05, 4.69) is 9.97 Å². The highest BCUT2D eigenvalue weighted by atomic mass is 32.1. The van der Waals surface area contributed by atoms with Gasteiger partial charge in [0.05, 0.1) is 19.3 Å². The van der Waals surface area contributed by atoms with Crippen LogP contribution in [0, 0.1) is 4.64 Å². The molecule has 2 saturated heterocycles. The van der Waals surface area contributed by atoms with Crippen molar-refractivity contribution in [3.63, 3.8) is 0 Å². The molecule has 2 aromatic rings. The minimum absolute atomic E-state index is 0.146. The number of phosphoric acid groups is 1. The molecule has 0 aliphatic carbocycles. The van der Waals surface area contributed by atoms with Crippen molar-refractivity contribution >= 4 is 31.2 Å². The number of aliphatic hydroxyl groups excluding tert-OH is 1. The van der Waals surface area contributed by atoms with E-state index in [9.17, 15) is 14.6 Å². The van der Waals surface area contributed by atoms with E-state index in [0.717, 1.165) is 0 Å². The number of nitrogens with zero attached hydrogens (tertiary/aromatic N) is 4. The van der Waals surface area contributed by atoms with Crippen molar-refractivity contribution in [2.45, 2.75) is 24.5 Å². The van der Waals surface area contributed by atoms with Crippen molar-refractivity contribution in [2.75, 3.05) is 6.61 Å². The van der Waals surface area contributed by atoms with Crippen molar-refractivity contribution in [1.29, 1.82) is 0 Å². The number of hydrogen-bond acceptors (Lipinski definition) is 8. The smallest absolute Gasteiger partial charge is 0.386 e. The van der Waals surface area contributed by atoms with Crippen LogP contribution in [0.3, 0.4) is 0 Å². The summed E-state index contributed by atoms with van der Waals surface area (Å²) in [7, 11) is -2.40. The van der Waals surface area contributed by atoms with Gasteiger partial charge in [0.2, 0.25) is 0 Å². The lowest BCUT2D eigenvalue weighted by Gasteiger charge is -2.27. The number of aromatic nitrogens is 4. The molecule has 4 heterocycles. The molecule has 0 radical (unpaired) electrons. The lowest BCUT2D eigenvalue weighted by Crippen LogP contribution is -2.39. The number of hydrogen-bond donors (Lipinski definition) is 2. The van der Waals surface area contributed by atoms with Gasteiger partial charge in [0.1, 0.15) is 28.5 Å². The van der Waals surface area contributed by atoms with Gasteiger partial charge >= 0.3 is 7.82 Å². The zero-order valence-electron chi connectivity index (χ0n) is 11.8. The third kappa shape index (κ3) is 2.36. The number of aryl methyl sites for hydroxylation is 1. The number of rotatable bonds is 1. The summed E-state index contributed by atoms with van der Waals surface area (Å²) in [4.78, 5) is 17.9. The van der Waals surface area contributed by atoms with Crippen LogP contribution in [0.5, 0.6) is 0 Å². The average Bonchev–Trinajstić information content (AvgIpc) is 3.05. The Morgan fingerprint density at radius 3 is 3.00 bits per heavy atom. The topological polar surface area (TPSA) is 121 Å². The van der Waals surface area contributed by atoms with Gasteiger partial charge in [0, 0.05) is 7.05 Å². The van der Waals surface area contributed by atoms with E-state index in [0.29, 0.717) is 15.8 Å². The van der Waals surface area contributed by atoms with Gasteiger partial charge in [0.25, 0.3) is 0 Å². The van der Waals surface area contributed by atoms with Crippen LogP contribution in [0.2, 0.25) is 0 Å². The first kappa shape index (κ1) is 15.3. The van der Waals surface area contributed by atoms with Crippen molar-refractivity contribution in [3.05, 3.63) is 17.3 Å². The molecule has 5 atom stereocenters. The minimum atomic E-state index is -4.16. The summed E-state index contributed by atoms with van der Waals surface area (Å²) in [5.41, 5.74) is 0.949. The maximum atomic E-state index is 11.5. The van der Waals surface area contributed by atoms with Crippen LogP contribution in [0.25, 0.3) is 11.2 Å². The summed E-state index contributed by atoms with van der Waals surface area (Å²) in [5, 5.41) is 10.4. The molecular weight excluding hydrogens is 347 g/mol. The van der Waals surface area contributed by atoms with Gasteiger partial charge in [-0.15, -0.1) is 0 Å². The van der Waals surface area contributed by atoms with Crippen molar-refractivity contribution in [3.8, 4) is 0 Å². The lowest BCUT2D eigenvalue weighted by molar-refractivity contribution is -0.0664. The van der Waals surface area contributed by atoms with Gasteiger partial charge in [-0.05, 0) is 0 Å². The quantitative estimate of drug-likeness (QED) is 0.545. The fraction of sp³-hybridized carbons (Fsp3) is 0.545. The third-order valence-corrected chi connectivity index (χ3v) is 5.35. The molecule has 0 bridgehead atoms. The Kier molecular flexibility index (Phi) is 3.43. The van der Waals surface area contributed by atoms with Gasteiger partial charge in [-0.3, -0.25) is 13.6 Å². The second-order valence-electron chi connectivity index (χ2n) is 5.37. The van der Waals surface area contributed by atoms with Gasteiger partial charge in [0.15, 0.2) is 11.9 Å². The van der Waals surface area contributed by atoms with Crippen LogP contribution >= 0.6 is 20.0 Å². The van der Waals surface area contributed by atoms with Gasteiger partial charge in [-0.25, -0.2) is 14.5 Å². The second kappa shape index (κ2) is 5.15. The lowest BCUT2D eigenvalue weighted by atomic mass is 10.1. The molecule has 2 aliphatic rings. The Labute approximate surface area is 134 Å². The summed E-state index contributed by atoms with van der Waals surface area (Å²) < 4.78 is 30.5. The van der Waals surface area contributed by atoms with E-state index in [-0.39, 0.29) is 6.61 Å². The first-order valence-electron chi connectivity index (χ1n) is 6.75. The van der Waals surface area contributed by atoms with Crippen LogP contribution in [-0.2, 0) is 25.4 Å². The Hall–Kier alpha value is -1.20. The molecule has 0 amide bonds. The SMILES string of the molecule is Cn1cnc2c(ncn2[C@@H]2O[C@@H]3COP(=O)(O)O[C@H]3[C@H]2O)c1=S. The molecule has 12 heteroatoms. The molecule has 2 aromatic heterocycles. The van der Waals surface area contributed by atoms with Crippen molar-refractivity contribution in [1.82, 2.24) is 19.1 Å². The molecule has 4 rings (SSSR count). The predicted octanol–water partition coefficient (Wildman–Crippen LogP) is 0.273. The molecule has 124 valence electrons. The van der Waals surface area contributed by atoms with Crippen LogP contribution in [0.4, 0.5) is 0 Å². The second-order valence-corrected chi connectivity index (χ2v) is 7.17. The van der Waals surface area contributed by atoms with Gasteiger partial charge in [-0.2, -0.15) is 0 Å². The number of fused-ring (bicyclic) bond motifs is 2. The molecular formula is C11H13N4O6PS. The van der Waals surface area contributed by atoms with Gasteiger partial charge in [-0.1, -0.05) is 12.2 Å². The van der Waals surface area contributed by atoms with Crippen molar-refractivity contribution < 1.29 is 28.3 Å². The molecule has 0 aromatic carbocycles. The minimum Gasteiger partial charge on any atom is -0.386 e. The first-order valence-corrected chi connectivity index (χ1v) is 8.65. The highest BCUT2D eigenvalue weighted by Crippen LogP contribution is 2.52. The van der Waals surface area contributed by atoms with E-state index in [1.807, 2.05) is 0 Å². The fourth-order valence-corrected chi connectivity index (χ4v) is 3.90. The molecule has 1 unspecified atom stereocenters. The predicted molar refractivity (Wildman–Crippen MR) is 77.9 cm³/mol. The summed E-state index contributed by atoms with van der Waals surface area (Å²) in [5.74, 6) is 0. The average molecular weight is 360 g/mol. The molecule has 2 fully saturated rings. The highest BCUT2D eigenvalue weighted by Gasteiger charge is 2.52. The number of ether oxygens (including phenoxy) is 1. The van der Waals surface area contributed by atoms with Gasteiger partial charge < -0.3 is 19.3 Å². The fourth-order valence-electron chi connectivity index (χ4n) is 2.75. The van der Waals surface area contributed by atoms with E-state index in [1.165, 1.54) is 10.9 Å². The highest BCUT2D eigenvalue weighted by molar-refractivity contribution is 7.71. The Balaban J connectivity index is 1.74. The monoisotopic (exact) mass is 360 g/mol. The van der Waals surface area contributed by atoms with Crippen LogP contribution in [0.1, 0.15) is 6.23 Å². The van der Waals surface area contributed by atoms with E-state index in [4.69, 9.17) is 26.0 Å². The Bertz CT molecular complexity index is 883. The zero-order valence-corrected chi connectivity index (χ0v) is 13.6. The molecule has 0 saturated carbocycles. The summed E-state index contributed by atoms with van der Waals surface area (Å²) in [6, 6.07) is 0. The van der Waals surface area contributed by atoms with E-state index >= 15 is 0 Å². The summed E-state index contributed by atoms with van der Waals surface area (Å²) in [6.07, 6.45) is -0.677. The number of imidazole rings is 1. The van der Waals surface area contributed by atoms with Crippen molar-refractivity contribution in [2.24, 2.45) is 7.05 Å². The Morgan fingerprint density at radius 1 is 1.43 bits per heavy atom. The number of phosphoric ester groups is 1. The maximum Gasteiger partial charge on any atom is 0.472 e. The molecule has 10 nitrogen and oxygen atoms in total. The van der Waals surface area contributed by atoms with Crippen LogP contribution in [0.15, 0.2) is 12.7 Å². The summed E-state index contributed by atoms with van der Waals surface area (Å²) in [6.45, 7) is -0.146. The maximum absolute atomic E-state index is 11.5. The molecule has 2 N–H and O–H groups in total. The van der Waals surface area contributed by atoms with E-state index in [1.54, 1.807) is 17.9 Å². The largest absolute Gasteiger partial charge is 0.472 e. The molecule has 0 spiro atoms. The number of aliphatic hydroxyl groups is 1. The first-order chi connectivity index (χ1) is 10.9. The van der Waals surface area contributed by atoms with Crippen LogP contribution < -0.4 is 0 Å². The van der Waals surface area contributed by atoms with Crippen LogP contribution in [-0.4, -0.2) is 54.0 Å².